The number of hydrogen-bond acceptors (Lipinski definition) is 3. The minimum Gasteiger partial charge on any atom is -0.333 e. The third kappa shape index (κ3) is 3.44. The third-order valence-electron chi connectivity index (χ3n) is 4.04. The summed E-state index contributed by atoms with van der Waals surface area (Å²) >= 11 is 0. The van der Waals surface area contributed by atoms with Crippen LogP contribution < -0.4 is 5.56 Å². The number of para-hydroxylation sites is 1. The maximum absolute atomic E-state index is 12.6. The van der Waals surface area contributed by atoms with Gasteiger partial charge in [-0.2, -0.15) is 0 Å². The summed E-state index contributed by atoms with van der Waals surface area (Å²) in [5, 5.41) is 0.600. The van der Waals surface area contributed by atoms with Gasteiger partial charge in [-0.1, -0.05) is 32.9 Å². The molecule has 0 aliphatic heterocycles. The molecule has 5 nitrogen and oxygen atoms in total. The quantitative estimate of drug-likeness (QED) is 0.852. The van der Waals surface area contributed by atoms with Crippen molar-refractivity contribution in [1.82, 2.24) is 14.5 Å². The van der Waals surface area contributed by atoms with Gasteiger partial charge in [0.25, 0.3) is 5.56 Å². The van der Waals surface area contributed by atoms with E-state index in [4.69, 9.17) is 0 Å². The van der Waals surface area contributed by atoms with E-state index in [0.717, 1.165) is 0 Å². The standard InChI is InChI=1S/C18H25N3O2/c1-6-16(22)21(11-12(2)3)13(4)17-19-15-10-8-7-9-14(15)18(23)20(17)5/h7-10,12-13H,6,11H2,1-5H3. The van der Waals surface area contributed by atoms with Crippen molar-refractivity contribution in [1.29, 1.82) is 0 Å². The molecule has 1 unspecified atom stereocenters. The molecule has 2 rings (SSSR count). The van der Waals surface area contributed by atoms with Gasteiger partial charge < -0.3 is 4.90 Å². The maximum atomic E-state index is 12.6. The van der Waals surface area contributed by atoms with Crippen LogP contribution in [0.15, 0.2) is 29.1 Å². The van der Waals surface area contributed by atoms with Gasteiger partial charge in [-0.15, -0.1) is 0 Å². The second kappa shape index (κ2) is 6.94. The van der Waals surface area contributed by atoms with Crippen molar-refractivity contribution in [3.8, 4) is 0 Å². The van der Waals surface area contributed by atoms with Gasteiger partial charge in [0.05, 0.1) is 16.9 Å². The second-order valence-corrected chi connectivity index (χ2v) is 6.32. The number of benzene rings is 1. The molecule has 0 N–H and O–H groups in total. The number of carbonyl (C=O) groups is 1. The molecule has 1 atom stereocenters. The van der Waals surface area contributed by atoms with Crippen molar-refractivity contribution >= 4 is 16.8 Å². The first-order chi connectivity index (χ1) is 10.9. The highest BCUT2D eigenvalue weighted by Gasteiger charge is 2.24. The summed E-state index contributed by atoms with van der Waals surface area (Å²) in [6.07, 6.45) is 0.443. The van der Waals surface area contributed by atoms with Gasteiger partial charge in [0.2, 0.25) is 5.91 Å². The van der Waals surface area contributed by atoms with E-state index in [1.165, 1.54) is 0 Å². The molecule has 0 aliphatic rings. The fraction of sp³-hybridized carbons (Fsp3) is 0.500. The molecule has 0 fully saturated rings. The average molecular weight is 315 g/mol. The van der Waals surface area contributed by atoms with Crippen LogP contribution in [0.2, 0.25) is 0 Å². The van der Waals surface area contributed by atoms with Gasteiger partial charge in [0.1, 0.15) is 5.82 Å². The first-order valence-electron chi connectivity index (χ1n) is 8.11. The van der Waals surface area contributed by atoms with Crippen molar-refractivity contribution in [2.75, 3.05) is 6.54 Å². The van der Waals surface area contributed by atoms with Gasteiger partial charge >= 0.3 is 0 Å². The lowest BCUT2D eigenvalue weighted by atomic mass is 10.1. The van der Waals surface area contributed by atoms with Crippen LogP contribution in [0.25, 0.3) is 10.9 Å². The van der Waals surface area contributed by atoms with E-state index in [-0.39, 0.29) is 17.5 Å². The molecule has 0 aliphatic carbocycles. The summed E-state index contributed by atoms with van der Waals surface area (Å²) in [5.41, 5.74) is 0.594. The number of rotatable bonds is 5. The fourth-order valence-electron chi connectivity index (χ4n) is 2.82. The van der Waals surface area contributed by atoms with Gasteiger partial charge in [-0.05, 0) is 25.0 Å². The lowest BCUT2D eigenvalue weighted by Crippen LogP contribution is -2.39. The Hall–Kier alpha value is -2.17. The van der Waals surface area contributed by atoms with Crippen LogP contribution in [0.4, 0.5) is 0 Å². The van der Waals surface area contributed by atoms with E-state index in [2.05, 4.69) is 18.8 Å². The van der Waals surface area contributed by atoms with E-state index in [1.807, 2.05) is 36.9 Å². The van der Waals surface area contributed by atoms with Crippen LogP contribution in [0.1, 0.15) is 46.0 Å². The zero-order valence-corrected chi connectivity index (χ0v) is 14.5. The number of carbonyl (C=O) groups excluding carboxylic acids is 1. The Balaban J connectivity index is 2.54. The summed E-state index contributed by atoms with van der Waals surface area (Å²) in [6, 6.07) is 7.07. The van der Waals surface area contributed by atoms with Crippen LogP contribution in [0.3, 0.4) is 0 Å². The lowest BCUT2D eigenvalue weighted by molar-refractivity contribution is -0.133. The molecular formula is C18H25N3O2. The zero-order chi connectivity index (χ0) is 17.1. The van der Waals surface area contributed by atoms with E-state index in [1.54, 1.807) is 17.7 Å². The van der Waals surface area contributed by atoms with E-state index >= 15 is 0 Å². The summed E-state index contributed by atoms with van der Waals surface area (Å²) in [6.45, 7) is 8.60. The molecule has 124 valence electrons. The Morgan fingerprint density at radius 1 is 1.26 bits per heavy atom. The Kier molecular flexibility index (Phi) is 5.19. The molecule has 0 radical (unpaired) electrons. The number of fused-ring (bicyclic) bond motifs is 1. The van der Waals surface area contributed by atoms with Crippen LogP contribution in [-0.4, -0.2) is 26.9 Å². The first-order valence-corrected chi connectivity index (χ1v) is 8.11. The Bertz CT molecular complexity index is 764. The largest absolute Gasteiger partial charge is 0.333 e. The molecule has 1 aromatic heterocycles. The predicted octanol–water partition coefficient (Wildman–Crippen LogP) is 2.89. The highest BCUT2D eigenvalue weighted by Crippen LogP contribution is 2.21. The molecule has 5 heteroatoms. The lowest BCUT2D eigenvalue weighted by Gasteiger charge is -2.31. The SMILES string of the molecule is CCC(=O)N(CC(C)C)C(C)c1nc2ccccc2c(=O)n1C. The Morgan fingerprint density at radius 2 is 1.91 bits per heavy atom. The minimum atomic E-state index is -0.243. The van der Waals surface area contributed by atoms with Gasteiger partial charge in [-0.3, -0.25) is 14.2 Å². The van der Waals surface area contributed by atoms with Crippen molar-refractivity contribution in [3.05, 3.63) is 40.4 Å². The van der Waals surface area contributed by atoms with Crippen molar-refractivity contribution in [3.63, 3.8) is 0 Å². The normalized spacial score (nSPS) is 12.6. The third-order valence-corrected chi connectivity index (χ3v) is 4.04. The van der Waals surface area contributed by atoms with E-state index < -0.39 is 0 Å². The van der Waals surface area contributed by atoms with Gasteiger partial charge in [-0.25, -0.2) is 4.98 Å². The summed E-state index contributed by atoms with van der Waals surface area (Å²) in [4.78, 5) is 31.4. The number of amides is 1. The maximum Gasteiger partial charge on any atom is 0.261 e. The smallest absolute Gasteiger partial charge is 0.261 e. The van der Waals surface area contributed by atoms with Gasteiger partial charge in [0.15, 0.2) is 0 Å². The van der Waals surface area contributed by atoms with Crippen LogP contribution in [0, 0.1) is 5.92 Å². The predicted molar refractivity (Wildman–Crippen MR) is 92.2 cm³/mol. The van der Waals surface area contributed by atoms with E-state index in [0.29, 0.717) is 35.6 Å². The molecule has 1 amide bonds. The van der Waals surface area contributed by atoms with Crippen LogP contribution in [0.5, 0.6) is 0 Å². The first kappa shape index (κ1) is 17.2. The zero-order valence-electron chi connectivity index (χ0n) is 14.5. The summed E-state index contributed by atoms with van der Waals surface area (Å²) in [5.74, 6) is 1.05. The second-order valence-electron chi connectivity index (χ2n) is 6.32. The molecular weight excluding hydrogens is 290 g/mol. The highest BCUT2D eigenvalue weighted by atomic mass is 16.2. The van der Waals surface area contributed by atoms with E-state index in [9.17, 15) is 9.59 Å². The summed E-state index contributed by atoms with van der Waals surface area (Å²) in [7, 11) is 1.72. The average Bonchev–Trinajstić information content (AvgIpc) is 2.54. The number of hydrogen-bond donors (Lipinski definition) is 0. The van der Waals surface area contributed by atoms with Crippen molar-refractivity contribution < 1.29 is 4.79 Å². The van der Waals surface area contributed by atoms with Crippen molar-refractivity contribution in [2.24, 2.45) is 13.0 Å². The van der Waals surface area contributed by atoms with Crippen LogP contribution in [-0.2, 0) is 11.8 Å². The van der Waals surface area contributed by atoms with Gasteiger partial charge in [0, 0.05) is 20.0 Å². The highest BCUT2D eigenvalue weighted by molar-refractivity contribution is 5.78. The molecule has 0 saturated carbocycles. The van der Waals surface area contributed by atoms with Crippen LogP contribution >= 0.6 is 0 Å². The molecule has 0 spiro atoms. The Labute approximate surface area is 136 Å². The number of nitrogens with zero attached hydrogens (tertiary/aromatic N) is 3. The molecule has 2 aromatic rings. The minimum absolute atomic E-state index is 0.0774. The molecule has 0 saturated heterocycles. The monoisotopic (exact) mass is 315 g/mol. The van der Waals surface area contributed by atoms with Crippen molar-refractivity contribution in [2.45, 2.75) is 40.2 Å². The summed E-state index contributed by atoms with van der Waals surface area (Å²) < 4.78 is 1.56. The molecule has 23 heavy (non-hydrogen) atoms. The molecule has 0 bridgehead atoms. The Morgan fingerprint density at radius 3 is 2.52 bits per heavy atom. The topological polar surface area (TPSA) is 55.2 Å². The molecule has 1 aromatic carbocycles. The fourth-order valence-corrected chi connectivity index (χ4v) is 2.82. The number of aromatic nitrogens is 2. The molecule has 1 heterocycles.